The zero-order valence-corrected chi connectivity index (χ0v) is 15.7. The molecular weight excluding hydrogens is 344 g/mol. The molecule has 0 unspecified atom stereocenters. The van der Waals surface area contributed by atoms with E-state index in [9.17, 15) is 9.59 Å². The minimum absolute atomic E-state index is 0.347. The monoisotopic (exact) mass is 370 g/mol. The van der Waals surface area contributed by atoms with Crippen molar-refractivity contribution in [2.45, 2.75) is 25.8 Å². The van der Waals surface area contributed by atoms with Crippen LogP contribution in [0.3, 0.4) is 0 Å². The van der Waals surface area contributed by atoms with Crippen LogP contribution in [-0.4, -0.2) is 43.2 Å². The lowest BCUT2D eigenvalue weighted by molar-refractivity contribution is 0.220. The number of nitrogens with one attached hydrogen (secondary N) is 2. The first-order valence-corrected chi connectivity index (χ1v) is 9.39. The summed E-state index contributed by atoms with van der Waals surface area (Å²) in [6.07, 6.45) is 9.38. The van der Waals surface area contributed by atoms with Gasteiger partial charge < -0.3 is 15.4 Å². The number of hydrogen-bond acceptors (Lipinski definition) is 7. The van der Waals surface area contributed by atoms with Crippen LogP contribution in [0.1, 0.15) is 24.8 Å². The molecule has 0 radical (unpaired) electrons. The molecule has 0 atom stereocenters. The molecule has 27 heavy (non-hydrogen) atoms. The zero-order chi connectivity index (χ0) is 19.1. The van der Waals surface area contributed by atoms with E-state index in [2.05, 4.69) is 20.5 Å². The number of piperidine rings is 1. The summed E-state index contributed by atoms with van der Waals surface area (Å²) in [4.78, 5) is 29.4. The topological polar surface area (TPSA) is 83.6 Å². The molecule has 0 saturated carbocycles. The first kappa shape index (κ1) is 19.1. The molecule has 2 N–H and O–H groups in total. The summed E-state index contributed by atoms with van der Waals surface area (Å²) in [5.41, 5.74) is 0.966. The van der Waals surface area contributed by atoms with Gasteiger partial charge in [-0.2, -0.15) is 0 Å². The van der Waals surface area contributed by atoms with Crippen LogP contribution in [0.15, 0.2) is 40.1 Å². The van der Waals surface area contributed by atoms with Crippen molar-refractivity contribution < 1.29 is 4.74 Å². The summed E-state index contributed by atoms with van der Waals surface area (Å²) in [6, 6.07) is 4.02. The van der Waals surface area contributed by atoms with Crippen molar-refractivity contribution in [3.8, 4) is 5.88 Å². The van der Waals surface area contributed by atoms with Gasteiger partial charge in [0.2, 0.25) is 5.88 Å². The van der Waals surface area contributed by atoms with Gasteiger partial charge in [-0.15, -0.1) is 0 Å². The third-order valence-corrected chi connectivity index (χ3v) is 4.71. The van der Waals surface area contributed by atoms with Crippen LogP contribution in [0, 0.1) is 0 Å². The summed E-state index contributed by atoms with van der Waals surface area (Å²) in [6.45, 7) is 4.11. The average molecular weight is 370 g/mol. The molecule has 1 aliphatic heterocycles. The Kier molecular flexibility index (Phi) is 6.59. The van der Waals surface area contributed by atoms with Gasteiger partial charge in [0.25, 0.3) is 10.9 Å². The molecule has 2 heterocycles. The Bertz CT molecular complexity index is 849. The van der Waals surface area contributed by atoms with Crippen LogP contribution in [0.2, 0.25) is 0 Å². The highest BCUT2D eigenvalue weighted by Gasteiger charge is 2.18. The molecule has 7 nitrogen and oxygen atoms in total. The Hall–Kier alpha value is -2.67. The van der Waals surface area contributed by atoms with Gasteiger partial charge in [0.15, 0.2) is 0 Å². The SMILES string of the molecule is CNc1c(NC/C=C/COc2cc(CN3CCCCC3)ccn2)c(=O)c1=O. The lowest BCUT2D eigenvalue weighted by Gasteiger charge is -2.26. The van der Waals surface area contributed by atoms with E-state index in [0.29, 0.717) is 30.4 Å². The number of anilines is 2. The van der Waals surface area contributed by atoms with Crippen molar-refractivity contribution in [1.82, 2.24) is 9.88 Å². The smallest absolute Gasteiger partial charge is 0.253 e. The van der Waals surface area contributed by atoms with Gasteiger partial charge in [-0.25, -0.2) is 4.98 Å². The number of hydrogen-bond donors (Lipinski definition) is 2. The van der Waals surface area contributed by atoms with E-state index in [0.717, 1.165) is 19.6 Å². The van der Waals surface area contributed by atoms with Gasteiger partial charge in [0, 0.05) is 32.4 Å². The van der Waals surface area contributed by atoms with Gasteiger partial charge >= 0.3 is 0 Å². The molecule has 0 aliphatic carbocycles. The molecule has 7 heteroatoms. The lowest BCUT2D eigenvalue weighted by atomic mass is 10.1. The second-order valence-electron chi connectivity index (χ2n) is 6.66. The van der Waals surface area contributed by atoms with Crippen LogP contribution < -0.4 is 26.2 Å². The quantitative estimate of drug-likeness (QED) is 0.514. The fourth-order valence-corrected chi connectivity index (χ4v) is 3.25. The van der Waals surface area contributed by atoms with Crippen LogP contribution in [0.4, 0.5) is 11.4 Å². The normalized spacial score (nSPS) is 15.3. The Morgan fingerprint density at radius 2 is 1.93 bits per heavy atom. The van der Waals surface area contributed by atoms with Crippen molar-refractivity contribution >= 4 is 11.4 Å². The van der Waals surface area contributed by atoms with Crippen molar-refractivity contribution in [2.24, 2.45) is 0 Å². The second-order valence-corrected chi connectivity index (χ2v) is 6.66. The lowest BCUT2D eigenvalue weighted by Crippen LogP contribution is -2.36. The minimum atomic E-state index is -0.473. The molecule has 0 bridgehead atoms. The van der Waals surface area contributed by atoms with Gasteiger partial charge in [-0.3, -0.25) is 14.5 Å². The van der Waals surface area contributed by atoms with Crippen molar-refractivity contribution in [1.29, 1.82) is 0 Å². The van der Waals surface area contributed by atoms with E-state index in [1.807, 2.05) is 24.3 Å². The summed E-state index contributed by atoms with van der Waals surface area (Å²) in [5, 5.41) is 5.66. The molecule has 2 aromatic rings. The molecule has 3 rings (SSSR count). The molecule has 1 saturated heterocycles. The highest BCUT2D eigenvalue weighted by molar-refractivity contribution is 5.73. The standard InChI is InChI=1S/C20H26N4O3/c1-21-17-18(20(26)19(17)25)23-8-3-6-12-27-16-13-15(7-9-22-16)14-24-10-4-2-5-11-24/h3,6-7,9,13,21,23H,2,4-5,8,10-12,14H2,1H3/b6-3+. The van der Waals surface area contributed by atoms with Crippen LogP contribution in [0.25, 0.3) is 0 Å². The maximum Gasteiger partial charge on any atom is 0.253 e. The van der Waals surface area contributed by atoms with E-state index in [-0.39, 0.29) is 0 Å². The molecule has 1 aromatic heterocycles. The fraction of sp³-hybridized carbons (Fsp3) is 0.450. The van der Waals surface area contributed by atoms with Crippen molar-refractivity contribution in [3.63, 3.8) is 0 Å². The third-order valence-electron chi connectivity index (χ3n) is 4.71. The third kappa shape index (κ3) is 4.95. The number of pyridine rings is 1. The average Bonchev–Trinajstić information content (AvgIpc) is 2.70. The fourth-order valence-electron chi connectivity index (χ4n) is 3.25. The molecule has 144 valence electrons. The molecule has 1 aliphatic rings. The number of rotatable bonds is 9. The maximum atomic E-state index is 11.4. The number of nitrogens with zero attached hydrogens (tertiary/aromatic N) is 2. The summed E-state index contributed by atoms with van der Waals surface area (Å²) in [5.74, 6) is 0.613. The summed E-state index contributed by atoms with van der Waals surface area (Å²) in [7, 11) is 1.62. The summed E-state index contributed by atoms with van der Waals surface area (Å²) >= 11 is 0. The molecule has 1 fully saturated rings. The second kappa shape index (κ2) is 9.32. The number of ether oxygens (including phenoxy) is 1. The first-order chi connectivity index (χ1) is 13.2. The van der Waals surface area contributed by atoms with Crippen molar-refractivity contribution in [3.05, 3.63) is 56.5 Å². The van der Waals surface area contributed by atoms with E-state index < -0.39 is 10.9 Å². The van der Waals surface area contributed by atoms with Crippen molar-refractivity contribution in [2.75, 3.05) is 43.9 Å². The predicted octanol–water partition coefficient (Wildman–Crippen LogP) is 1.75. The molecular formula is C20H26N4O3. The van der Waals surface area contributed by atoms with E-state index >= 15 is 0 Å². The highest BCUT2D eigenvalue weighted by Crippen LogP contribution is 2.16. The molecule has 1 aromatic carbocycles. The molecule has 0 spiro atoms. The highest BCUT2D eigenvalue weighted by atomic mass is 16.5. The number of aromatic nitrogens is 1. The van der Waals surface area contributed by atoms with Gasteiger partial charge in [-0.05, 0) is 43.6 Å². The molecule has 0 amide bonds. The first-order valence-electron chi connectivity index (χ1n) is 9.39. The van der Waals surface area contributed by atoms with Crippen LogP contribution >= 0.6 is 0 Å². The minimum Gasteiger partial charge on any atom is -0.473 e. The Balaban J connectivity index is 1.41. The van der Waals surface area contributed by atoms with E-state index in [4.69, 9.17) is 4.74 Å². The zero-order valence-electron chi connectivity index (χ0n) is 15.7. The van der Waals surface area contributed by atoms with Crippen LogP contribution in [0.5, 0.6) is 5.88 Å². The van der Waals surface area contributed by atoms with E-state index in [1.165, 1.54) is 24.8 Å². The number of likely N-dealkylation sites (tertiary alicyclic amines) is 1. The van der Waals surface area contributed by atoms with Crippen LogP contribution in [-0.2, 0) is 6.54 Å². The Morgan fingerprint density at radius 3 is 2.70 bits per heavy atom. The Morgan fingerprint density at radius 1 is 1.15 bits per heavy atom. The maximum absolute atomic E-state index is 11.4. The Labute approximate surface area is 158 Å². The largest absolute Gasteiger partial charge is 0.473 e. The summed E-state index contributed by atoms with van der Waals surface area (Å²) < 4.78 is 5.67. The van der Waals surface area contributed by atoms with Gasteiger partial charge in [-0.1, -0.05) is 12.5 Å². The predicted molar refractivity (Wildman–Crippen MR) is 107 cm³/mol. The van der Waals surface area contributed by atoms with Gasteiger partial charge in [0.05, 0.1) is 0 Å². The van der Waals surface area contributed by atoms with Gasteiger partial charge in [0.1, 0.15) is 18.0 Å². The van der Waals surface area contributed by atoms with E-state index in [1.54, 1.807) is 13.2 Å².